The van der Waals surface area contributed by atoms with Crippen LogP contribution in [-0.2, 0) is 6.54 Å². The van der Waals surface area contributed by atoms with E-state index in [9.17, 15) is 0 Å². The second-order valence-corrected chi connectivity index (χ2v) is 5.12. The quantitative estimate of drug-likeness (QED) is 0.803. The molecule has 0 bridgehead atoms. The van der Waals surface area contributed by atoms with Crippen LogP contribution in [0.25, 0.3) is 16.9 Å². The molecule has 0 aliphatic heterocycles. The van der Waals surface area contributed by atoms with E-state index < -0.39 is 0 Å². The van der Waals surface area contributed by atoms with Crippen LogP contribution in [0.15, 0.2) is 48.5 Å². The number of rotatable bonds is 4. The average Bonchev–Trinajstić information content (AvgIpc) is 2.98. The van der Waals surface area contributed by atoms with Gasteiger partial charge in [-0.3, -0.25) is 0 Å². The van der Waals surface area contributed by atoms with E-state index in [1.54, 1.807) is 11.8 Å². The zero-order chi connectivity index (χ0) is 15.5. The third-order valence-corrected chi connectivity index (χ3v) is 3.58. The first-order valence-corrected chi connectivity index (χ1v) is 7.16. The molecule has 2 N–H and O–H groups in total. The van der Waals surface area contributed by atoms with E-state index in [2.05, 4.69) is 10.3 Å². The van der Waals surface area contributed by atoms with Gasteiger partial charge in [-0.15, -0.1) is 5.10 Å². The number of hydrogen-bond acceptors (Lipinski definition) is 4. The van der Waals surface area contributed by atoms with Crippen LogP contribution in [0.2, 0.25) is 5.02 Å². The van der Waals surface area contributed by atoms with Crippen molar-refractivity contribution in [2.75, 3.05) is 7.11 Å². The third-order valence-electron chi connectivity index (χ3n) is 3.34. The maximum atomic E-state index is 6.11. The molecule has 2 aromatic carbocycles. The van der Waals surface area contributed by atoms with E-state index in [4.69, 9.17) is 22.1 Å². The number of methoxy groups -OCH3 is 1. The summed E-state index contributed by atoms with van der Waals surface area (Å²) >= 11 is 6.11. The van der Waals surface area contributed by atoms with Crippen LogP contribution < -0.4 is 10.5 Å². The first kappa shape index (κ1) is 14.6. The molecule has 0 saturated heterocycles. The summed E-state index contributed by atoms with van der Waals surface area (Å²) in [5, 5.41) is 9.06. The number of hydrogen-bond donors (Lipinski definition) is 1. The van der Waals surface area contributed by atoms with Crippen molar-refractivity contribution in [1.29, 1.82) is 0 Å². The highest BCUT2D eigenvalue weighted by Gasteiger charge is 2.17. The molecule has 0 unspecified atom stereocenters. The van der Waals surface area contributed by atoms with Gasteiger partial charge >= 0.3 is 0 Å². The fourth-order valence-electron chi connectivity index (χ4n) is 2.35. The van der Waals surface area contributed by atoms with E-state index >= 15 is 0 Å². The fraction of sp³-hybridized carbons (Fsp3) is 0.125. The Labute approximate surface area is 133 Å². The Morgan fingerprint density at radius 2 is 2.00 bits per heavy atom. The van der Waals surface area contributed by atoms with Gasteiger partial charge in [-0.1, -0.05) is 41.1 Å². The predicted octanol–water partition coefficient (Wildman–Crippen LogP) is 3.06. The number of para-hydroxylation sites is 2. The second-order valence-electron chi connectivity index (χ2n) is 4.68. The zero-order valence-electron chi connectivity index (χ0n) is 12.0. The van der Waals surface area contributed by atoms with Crippen molar-refractivity contribution in [1.82, 2.24) is 15.0 Å². The molecule has 0 amide bonds. The Morgan fingerprint density at radius 1 is 1.18 bits per heavy atom. The van der Waals surface area contributed by atoms with Crippen molar-refractivity contribution in [3.8, 4) is 22.7 Å². The lowest BCUT2D eigenvalue weighted by Crippen LogP contribution is -2.04. The minimum Gasteiger partial charge on any atom is -0.494 e. The summed E-state index contributed by atoms with van der Waals surface area (Å²) in [6.07, 6.45) is 0. The number of halogens is 1. The molecule has 6 heteroatoms. The Balaban J connectivity index is 2.24. The highest BCUT2D eigenvalue weighted by Crippen LogP contribution is 2.30. The van der Waals surface area contributed by atoms with Crippen LogP contribution in [-0.4, -0.2) is 22.1 Å². The van der Waals surface area contributed by atoms with Gasteiger partial charge in [0, 0.05) is 17.1 Å². The number of nitrogens with two attached hydrogens (primary N) is 1. The molecule has 3 rings (SSSR count). The van der Waals surface area contributed by atoms with Crippen molar-refractivity contribution in [3.63, 3.8) is 0 Å². The molecule has 0 aliphatic rings. The number of aromatic nitrogens is 3. The van der Waals surface area contributed by atoms with Gasteiger partial charge in [0.15, 0.2) is 0 Å². The molecule has 1 aromatic heterocycles. The van der Waals surface area contributed by atoms with Crippen molar-refractivity contribution in [2.24, 2.45) is 5.73 Å². The van der Waals surface area contributed by atoms with Crippen LogP contribution in [0.4, 0.5) is 0 Å². The van der Waals surface area contributed by atoms with E-state index in [0.717, 1.165) is 16.9 Å². The first-order valence-electron chi connectivity index (χ1n) is 6.78. The number of benzene rings is 2. The SMILES string of the molecule is COc1ccccc1-n1nnc(CN)c1-c1cccc(Cl)c1. The van der Waals surface area contributed by atoms with Crippen LogP contribution >= 0.6 is 11.6 Å². The topological polar surface area (TPSA) is 66.0 Å². The van der Waals surface area contributed by atoms with Gasteiger partial charge in [-0.2, -0.15) is 0 Å². The molecular weight excluding hydrogens is 300 g/mol. The molecule has 0 saturated carbocycles. The Kier molecular flexibility index (Phi) is 4.09. The van der Waals surface area contributed by atoms with Crippen LogP contribution in [0.1, 0.15) is 5.69 Å². The summed E-state index contributed by atoms with van der Waals surface area (Å²) in [6.45, 7) is 0.289. The minimum atomic E-state index is 0.289. The Morgan fingerprint density at radius 3 is 2.73 bits per heavy atom. The van der Waals surface area contributed by atoms with Gasteiger partial charge in [0.1, 0.15) is 17.1 Å². The molecule has 112 valence electrons. The van der Waals surface area contributed by atoms with Crippen molar-refractivity contribution >= 4 is 11.6 Å². The first-order chi connectivity index (χ1) is 10.7. The van der Waals surface area contributed by atoms with Gasteiger partial charge in [0.05, 0.1) is 12.8 Å². The molecule has 1 heterocycles. The standard InChI is InChI=1S/C16H15ClN4O/c1-22-15-8-3-2-7-14(15)21-16(13(10-18)19-20-21)11-5-4-6-12(17)9-11/h2-9H,10,18H2,1H3. The molecule has 0 atom stereocenters. The van der Waals surface area contributed by atoms with Gasteiger partial charge < -0.3 is 10.5 Å². The maximum absolute atomic E-state index is 6.11. The van der Waals surface area contributed by atoms with Crippen LogP contribution in [0, 0.1) is 0 Å². The lowest BCUT2D eigenvalue weighted by molar-refractivity contribution is 0.411. The summed E-state index contributed by atoms with van der Waals surface area (Å²) < 4.78 is 7.14. The monoisotopic (exact) mass is 314 g/mol. The molecule has 0 aliphatic carbocycles. The summed E-state index contributed by atoms with van der Waals surface area (Å²) in [7, 11) is 1.62. The van der Waals surface area contributed by atoms with Gasteiger partial charge in [-0.25, -0.2) is 4.68 Å². The molecule has 0 fully saturated rings. The molecule has 3 aromatic rings. The van der Waals surface area contributed by atoms with Crippen LogP contribution in [0.5, 0.6) is 5.75 Å². The van der Waals surface area contributed by atoms with E-state index in [1.165, 1.54) is 0 Å². The van der Waals surface area contributed by atoms with Crippen LogP contribution in [0.3, 0.4) is 0 Å². The summed E-state index contributed by atoms with van der Waals surface area (Å²) in [5.74, 6) is 0.708. The molecule has 5 nitrogen and oxygen atoms in total. The van der Waals surface area contributed by atoms with Crippen molar-refractivity contribution < 1.29 is 4.74 Å². The highest BCUT2D eigenvalue weighted by molar-refractivity contribution is 6.30. The smallest absolute Gasteiger partial charge is 0.144 e. The number of nitrogens with zero attached hydrogens (tertiary/aromatic N) is 3. The minimum absolute atomic E-state index is 0.289. The van der Waals surface area contributed by atoms with Crippen molar-refractivity contribution in [3.05, 3.63) is 59.2 Å². The molecule has 0 radical (unpaired) electrons. The second kappa shape index (κ2) is 6.17. The highest BCUT2D eigenvalue weighted by atomic mass is 35.5. The molecule has 0 spiro atoms. The summed E-state index contributed by atoms with van der Waals surface area (Å²) in [6, 6.07) is 15.2. The maximum Gasteiger partial charge on any atom is 0.144 e. The predicted molar refractivity (Wildman–Crippen MR) is 86.2 cm³/mol. The Hall–Kier alpha value is -2.37. The lowest BCUT2D eigenvalue weighted by atomic mass is 10.1. The van der Waals surface area contributed by atoms with Gasteiger partial charge in [-0.05, 0) is 24.3 Å². The lowest BCUT2D eigenvalue weighted by Gasteiger charge is -2.11. The normalized spacial score (nSPS) is 10.7. The molecular formula is C16H15ClN4O. The van der Waals surface area contributed by atoms with E-state index in [0.29, 0.717) is 16.5 Å². The van der Waals surface area contributed by atoms with Gasteiger partial charge in [0.2, 0.25) is 0 Å². The fourth-order valence-corrected chi connectivity index (χ4v) is 2.54. The number of ether oxygens (including phenoxy) is 1. The van der Waals surface area contributed by atoms with E-state index in [-0.39, 0.29) is 6.54 Å². The van der Waals surface area contributed by atoms with Crippen molar-refractivity contribution in [2.45, 2.75) is 6.54 Å². The average molecular weight is 315 g/mol. The van der Waals surface area contributed by atoms with E-state index in [1.807, 2.05) is 48.5 Å². The summed E-state index contributed by atoms with van der Waals surface area (Å²) in [5.41, 5.74) is 9.03. The summed E-state index contributed by atoms with van der Waals surface area (Å²) in [4.78, 5) is 0. The molecule has 22 heavy (non-hydrogen) atoms. The Bertz CT molecular complexity index is 800. The largest absolute Gasteiger partial charge is 0.494 e. The third kappa shape index (κ3) is 2.56. The van der Waals surface area contributed by atoms with Gasteiger partial charge in [0.25, 0.3) is 0 Å². The zero-order valence-corrected chi connectivity index (χ0v) is 12.8.